The number of nitrogens with one attached hydrogen (secondary N) is 1. The maximum atomic E-state index is 11.3. The molecule has 9 heteroatoms. The minimum atomic E-state index is -0.478. The lowest BCUT2D eigenvalue weighted by atomic mass is 10.2. The van der Waals surface area contributed by atoms with E-state index in [1.54, 1.807) is 18.3 Å². The fraction of sp³-hybridized carbons (Fsp3) is 0.143. The van der Waals surface area contributed by atoms with Crippen molar-refractivity contribution in [1.82, 2.24) is 9.97 Å². The van der Waals surface area contributed by atoms with Crippen LogP contribution in [0.5, 0.6) is 17.2 Å². The Hall–Kier alpha value is -4.14. The van der Waals surface area contributed by atoms with Crippen molar-refractivity contribution in [3.63, 3.8) is 0 Å². The number of carbonyl (C=O) groups is 1. The van der Waals surface area contributed by atoms with Gasteiger partial charge in [0.05, 0.1) is 20.4 Å². The summed E-state index contributed by atoms with van der Waals surface area (Å²) in [6.07, 6.45) is 3.00. The van der Waals surface area contributed by atoms with Crippen molar-refractivity contribution in [1.29, 1.82) is 0 Å². The van der Waals surface area contributed by atoms with Gasteiger partial charge in [0.2, 0.25) is 5.75 Å². The highest BCUT2D eigenvalue weighted by atomic mass is 16.6. The van der Waals surface area contributed by atoms with E-state index < -0.39 is 5.97 Å². The number of ether oxygens (including phenoxy) is 3. The highest BCUT2D eigenvalue weighted by Crippen LogP contribution is 2.38. The number of carbonyl (C=O) groups excluding carboxylic acids is 1. The van der Waals surface area contributed by atoms with Crippen LogP contribution in [0.2, 0.25) is 0 Å². The molecule has 4 rings (SSSR count). The maximum Gasteiger partial charge on any atom is 0.308 e. The topological polar surface area (TPSA) is 108 Å². The minimum absolute atomic E-state index is 0.206. The van der Waals surface area contributed by atoms with Crippen LogP contribution in [0.4, 0.5) is 5.82 Å². The molecule has 30 heavy (non-hydrogen) atoms. The van der Waals surface area contributed by atoms with E-state index in [-0.39, 0.29) is 5.75 Å². The van der Waals surface area contributed by atoms with Crippen molar-refractivity contribution < 1.29 is 23.4 Å². The Balaban J connectivity index is 1.64. The summed E-state index contributed by atoms with van der Waals surface area (Å²) in [5.41, 5.74) is 5.46. The van der Waals surface area contributed by atoms with Crippen LogP contribution in [0.3, 0.4) is 0 Å². The maximum absolute atomic E-state index is 11.3. The predicted molar refractivity (Wildman–Crippen MR) is 111 cm³/mol. The Bertz CT molecular complexity index is 1240. The molecular weight excluding hydrogens is 388 g/mol. The van der Waals surface area contributed by atoms with Crippen molar-refractivity contribution in [2.75, 3.05) is 19.6 Å². The Morgan fingerprint density at radius 1 is 1.13 bits per heavy atom. The van der Waals surface area contributed by atoms with Gasteiger partial charge >= 0.3 is 5.97 Å². The monoisotopic (exact) mass is 406 g/mol. The first-order valence-corrected chi connectivity index (χ1v) is 8.96. The zero-order valence-electron chi connectivity index (χ0n) is 16.5. The molecular formula is C21H18N4O5. The number of furan rings is 1. The number of hydrogen-bond donors (Lipinski definition) is 1. The first-order chi connectivity index (χ1) is 14.6. The van der Waals surface area contributed by atoms with Gasteiger partial charge in [-0.1, -0.05) is 12.1 Å². The largest absolute Gasteiger partial charge is 0.493 e. The number of nitrogens with zero attached hydrogens (tertiary/aromatic N) is 3. The molecule has 0 unspecified atom stereocenters. The first-order valence-electron chi connectivity index (χ1n) is 8.96. The van der Waals surface area contributed by atoms with Crippen molar-refractivity contribution in [2.45, 2.75) is 6.92 Å². The molecule has 2 aromatic heterocycles. The standard InChI is InChI=1S/C21H18N4O5/c1-12(26)29-19-16(27-2)8-13(9-17(19)28-3)10-24-25-21-20-18(22-11-23-21)14-6-4-5-7-15(14)30-20/h4-11H,1-3H3,(H,22,23,25)/b24-10-. The van der Waals surface area contributed by atoms with E-state index >= 15 is 0 Å². The van der Waals surface area contributed by atoms with Crippen molar-refractivity contribution in [3.05, 3.63) is 48.3 Å². The normalized spacial score (nSPS) is 11.2. The molecule has 2 heterocycles. The molecule has 0 aliphatic carbocycles. The van der Waals surface area contributed by atoms with Gasteiger partial charge in [-0.2, -0.15) is 5.10 Å². The molecule has 4 aromatic rings. The van der Waals surface area contributed by atoms with Crippen molar-refractivity contribution in [2.24, 2.45) is 5.10 Å². The highest BCUT2D eigenvalue weighted by Gasteiger charge is 2.16. The smallest absolute Gasteiger partial charge is 0.308 e. The number of para-hydroxylation sites is 1. The lowest BCUT2D eigenvalue weighted by Gasteiger charge is -2.13. The lowest BCUT2D eigenvalue weighted by Crippen LogP contribution is -2.05. The zero-order valence-corrected chi connectivity index (χ0v) is 16.5. The third-order valence-corrected chi connectivity index (χ3v) is 4.27. The Kier molecular flexibility index (Phi) is 5.17. The number of benzene rings is 2. The van der Waals surface area contributed by atoms with E-state index in [4.69, 9.17) is 18.6 Å². The molecule has 0 amide bonds. The number of esters is 1. The molecule has 0 saturated carbocycles. The fourth-order valence-electron chi connectivity index (χ4n) is 2.99. The summed E-state index contributed by atoms with van der Waals surface area (Å²) < 4.78 is 21.7. The van der Waals surface area contributed by atoms with Crippen molar-refractivity contribution in [3.8, 4) is 17.2 Å². The Labute approximate surface area is 171 Å². The molecule has 9 nitrogen and oxygen atoms in total. The van der Waals surface area contributed by atoms with E-state index in [1.165, 1.54) is 27.5 Å². The molecule has 0 aliphatic rings. The number of hydrazone groups is 1. The highest BCUT2D eigenvalue weighted by molar-refractivity contribution is 6.05. The van der Waals surface area contributed by atoms with Gasteiger partial charge < -0.3 is 18.6 Å². The molecule has 0 saturated heterocycles. The summed E-state index contributed by atoms with van der Waals surface area (Å²) in [7, 11) is 2.94. The van der Waals surface area contributed by atoms with Gasteiger partial charge in [-0.15, -0.1) is 0 Å². The number of aromatic nitrogens is 2. The van der Waals surface area contributed by atoms with Gasteiger partial charge in [-0.25, -0.2) is 9.97 Å². The van der Waals surface area contributed by atoms with Gasteiger partial charge in [-0.05, 0) is 24.3 Å². The second-order valence-corrected chi connectivity index (χ2v) is 6.22. The summed E-state index contributed by atoms with van der Waals surface area (Å²) in [6, 6.07) is 11.0. The van der Waals surface area contributed by atoms with Crippen LogP contribution in [-0.4, -0.2) is 36.4 Å². The number of rotatable bonds is 6. The summed E-state index contributed by atoms with van der Waals surface area (Å²) in [5, 5.41) is 5.13. The van der Waals surface area contributed by atoms with Gasteiger partial charge in [-0.3, -0.25) is 10.2 Å². The molecule has 0 fully saturated rings. The molecule has 0 spiro atoms. The molecule has 0 aliphatic heterocycles. The van der Waals surface area contributed by atoms with E-state index in [0.29, 0.717) is 34.0 Å². The minimum Gasteiger partial charge on any atom is -0.493 e. The van der Waals surface area contributed by atoms with E-state index in [9.17, 15) is 4.79 Å². The number of methoxy groups -OCH3 is 2. The average Bonchev–Trinajstić information content (AvgIpc) is 3.13. The summed E-state index contributed by atoms with van der Waals surface area (Å²) in [4.78, 5) is 19.9. The molecule has 152 valence electrons. The molecule has 1 N–H and O–H groups in total. The van der Waals surface area contributed by atoms with Crippen LogP contribution in [0.15, 0.2) is 52.2 Å². The van der Waals surface area contributed by atoms with Crippen LogP contribution < -0.4 is 19.6 Å². The summed E-state index contributed by atoms with van der Waals surface area (Å²) >= 11 is 0. The van der Waals surface area contributed by atoms with Crippen LogP contribution >= 0.6 is 0 Å². The van der Waals surface area contributed by atoms with Gasteiger partial charge in [0.25, 0.3) is 0 Å². The van der Waals surface area contributed by atoms with Gasteiger partial charge in [0.15, 0.2) is 22.9 Å². The molecule has 0 atom stereocenters. The molecule has 2 aromatic carbocycles. The van der Waals surface area contributed by atoms with Crippen LogP contribution in [0.25, 0.3) is 22.1 Å². The lowest BCUT2D eigenvalue weighted by molar-refractivity contribution is -0.132. The predicted octanol–water partition coefficient (Wildman–Crippen LogP) is 3.76. The third kappa shape index (κ3) is 3.60. The van der Waals surface area contributed by atoms with Crippen LogP contribution in [-0.2, 0) is 4.79 Å². The van der Waals surface area contributed by atoms with E-state index in [1.807, 2.05) is 24.3 Å². The third-order valence-electron chi connectivity index (χ3n) is 4.27. The van der Waals surface area contributed by atoms with Crippen molar-refractivity contribution >= 4 is 40.1 Å². The van der Waals surface area contributed by atoms with Crippen LogP contribution in [0.1, 0.15) is 12.5 Å². The fourth-order valence-corrected chi connectivity index (χ4v) is 2.99. The number of hydrogen-bond acceptors (Lipinski definition) is 9. The Morgan fingerprint density at radius 2 is 1.87 bits per heavy atom. The number of fused-ring (bicyclic) bond motifs is 3. The van der Waals surface area contributed by atoms with Gasteiger partial charge in [0, 0.05) is 17.9 Å². The summed E-state index contributed by atoms with van der Waals surface area (Å²) in [5.74, 6) is 0.842. The molecule has 0 bridgehead atoms. The van der Waals surface area contributed by atoms with E-state index in [0.717, 1.165) is 11.0 Å². The van der Waals surface area contributed by atoms with Crippen LogP contribution in [0, 0.1) is 0 Å². The second kappa shape index (κ2) is 8.08. The Morgan fingerprint density at radius 3 is 2.57 bits per heavy atom. The zero-order chi connectivity index (χ0) is 21.1. The number of anilines is 1. The SMILES string of the molecule is COc1cc(/C=N\Nc2ncnc3c2oc2ccccc23)cc(OC)c1OC(C)=O. The second-order valence-electron chi connectivity index (χ2n) is 6.22. The summed E-state index contributed by atoms with van der Waals surface area (Å²) in [6.45, 7) is 1.30. The van der Waals surface area contributed by atoms with E-state index in [2.05, 4.69) is 20.5 Å². The molecule has 0 radical (unpaired) electrons. The first kappa shape index (κ1) is 19.2. The quantitative estimate of drug-likeness (QED) is 0.223. The average molecular weight is 406 g/mol. The van der Waals surface area contributed by atoms with Gasteiger partial charge in [0.1, 0.15) is 17.4 Å².